The third-order valence-electron chi connectivity index (χ3n) is 4.30. The van der Waals surface area contributed by atoms with Crippen molar-refractivity contribution in [1.29, 1.82) is 0 Å². The summed E-state index contributed by atoms with van der Waals surface area (Å²) >= 11 is 0.707. The van der Waals surface area contributed by atoms with Crippen LogP contribution < -0.4 is 4.74 Å². The number of thiophene rings is 1. The lowest BCUT2D eigenvalue weighted by molar-refractivity contribution is -0.136. The van der Waals surface area contributed by atoms with Gasteiger partial charge in [0.1, 0.15) is 11.6 Å². The van der Waals surface area contributed by atoms with Crippen LogP contribution in [0.4, 0.5) is 13.2 Å². The first-order valence-corrected chi connectivity index (χ1v) is 8.60. The van der Waals surface area contributed by atoms with Crippen molar-refractivity contribution in [3.63, 3.8) is 0 Å². The summed E-state index contributed by atoms with van der Waals surface area (Å²) in [6.07, 6.45) is 0.408. The first kappa shape index (κ1) is 19.0. The topological polar surface area (TPSA) is 87.1 Å². The quantitative estimate of drug-likeness (QED) is 0.779. The van der Waals surface area contributed by atoms with E-state index in [9.17, 15) is 27.9 Å². The van der Waals surface area contributed by atoms with E-state index in [0.717, 1.165) is 6.08 Å². The molecule has 0 saturated heterocycles. The molecule has 144 valence electrons. The van der Waals surface area contributed by atoms with Gasteiger partial charge in [-0.3, -0.25) is 9.59 Å². The van der Waals surface area contributed by atoms with Gasteiger partial charge < -0.3 is 19.8 Å². The van der Waals surface area contributed by atoms with Crippen molar-refractivity contribution < 1.29 is 37.7 Å². The van der Waals surface area contributed by atoms with E-state index in [1.165, 1.54) is 24.0 Å². The van der Waals surface area contributed by atoms with Gasteiger partial charge in [0.15, 0.2) is 5.06 Å². The van der Waals surface area contributed by atoms with Crippen molar-refractivity contribution in [2.45, 2.75) is 32.4 Å². The minimum absolute atomic E-state index is 0.0834. The molecule has 1 atom stereocenters. The number of alkyl halides is 2. The molecule has 6 nitrogen and oxygen atoms in total. The zero-order valence-corrected chi connectivity index (χ0v) is 14.7. The monoisotopic (exact) mass is 401 g/mol. The largest absolute Gasteiger partial charge is 0.505 e. The highest BCUT2D eigenvalue weighted by atomic mass is 32.1. The van der Waals surface area contributed by atoms with Gasteiger partial charge in [-0.15, -0.1) is 0 Å². The van der Waals surface area contributed by atoms with Gasteiger partial charge in [-0.1, -0.05) is 11.3 Å². The SMILES string of the molecule is CC1=C(CC(=O)O)C2=CC(O)=C(F)CC2N1C(=O)c1ccc(OC(F)F)s1. The van der Waals surface area contributed by atoms with E-state index in [-0.39, 0.29) is 16.4 Å². The predicted octanol–water partition coefficient (Wildman–Crippen LogP) is 3.99. The van der Waals surface area contributed by atoms with Crippen molar-refractivity contribution in [3.05, 3.63) is 51.5 Å². The highest BCUT2D eigenvalue weighted by molar-refractivity contribution is 7.15. The van der Waals surface area contributed by atoms with Crippen molar-refractivity contribution in [1.82, 2.24) is 4.90 Å². The van der Waals surface area contributed by atoms with E-state index < -0.39 is 42.5 Å². The van der Waals surface area contributed by atoms with Crippen molar-refractivity contribution in [2.75, 3.05) is 0 Å². The van der Waals surface area contributed by atoms with E-state index in [2.05, 4.69) is 4.74 Å². The summed E-state index contributed by atoms with van der Waals surface area (Å²) in [5.41, 5.74) is 0.967. The molecule has 0 fully saturated rings. The molecule has 0 spiro atoms. The second-order valence-corrected chi connectivity index (χ2v) is 6.96. The second kappa shape index (κ2) is 7.10. The van der Waals surface area contributed by atoms with Crippen LogP contribution in [0.1, 0.15) is 29.4 Å². The number of halogens is 3. The number of carboxylic acids is 1. The Labute approximate surface area is 155 Å². The first-order chi connectivity index (χ1) is 12.7. The number of carbonyl (C=O) groups excluding carboxylic acids is 1. The zero-order valence-electron chi connectivity index (χ0n) is 13.9. The smallest absolute Gasteiger partial charge is 0.388 e. The predicted molar refractivity (Wildman–Crippen MR) is 89.3 cm³/mol. The molecule has 0 radical (unpaired) electrons. The van der Waals surface area contributed by atoms with Crippen LogP contribution in [0.3, 0.4) is 0 Å². The molecule has 1 amide bonds. The van der Waals surface area contributed by atoms with Crippen molar-refractivity contribution in [3.8, 4) is 5.06 Å². The molecule has 1 unspecified atom stereocenters. The van der Waals surface area contributed by atoms with Gasteiger partial charge >= 0.3 is 12.6 Å². The summed E-state index contributed by atoms with van der Waals surface area (Å²) < 4.78 is 42.8. The molecule has 10 heteroatoms. The standard InChI is InChI=1S/C17H14F3NO5S/c1-7-8(5-14(23)24)9-4-12(22)10(18)6-11(9)21(7)16(25)13-2-3-15(27-13)26-17(19)20/h2-4,11,17,22H,5-6H2,1H3,(H,23,24). The molecule has 2 aliphatic rings. The van der Waals surface area contributed by atoms with Crippen LogP contribution in [0.15, 0.2) is 46.6 Å². The molecule has 2 N–H and O–H groups in total. The molecule has 3 rings (SSSR count). The number of allylic oxidation sites excluding steroid dienone is 2. The number of amides is 1. The summed E-state index contributed by atoms with van der Waals surface area (Å²) in [5.74, 6) is -3.16. The minimum atomic E-state index is -3.03. The number of aliphatic hydroxyl groups excluding tert-OH is 1. The number of aliphatic carboxylic acids is 1. The van der Waals surface area contributed by atoms with Crippen LogP contribution in [-0.4, -0.2) is 39.6 Å². The highest BCUT2D eigenvalue weighted by Crippen LogP contribution is 2.43. The summed E-state index contributed by atoms with van der Waals surface area (Å²) in [5, 5.41) is 18.6. The number of hydrogen-bond donors (Lipinski definition) is 2. The summed E-state index contributed by atoms with van der Waals surface area (Å²) in [6.45, 7) is -1.51. The molecule has 0 aromatic carbocycles. The highest BCUT2D eigenvalue weighted by Gasteiger charge is 2.42. The number of aliphatic hydroxyl groups is 1. The molecule has 0 saturated carbocycles. The normalized spacial score (nSPS) is 19.5. The van der Waals surface area contributed by atoms with Crippen LogP contribution in [-0.2, 0) is 4.79 Å². The lowest BCUT2D eigenvalue weighted by Gasteiger charge is -2.28. The van der Waals surface area contributed by atoms with E-state index >= 15 is 0 Å². The van der Waals surface area contributed by atoms with E-state index in [1.807, 2.05) is 0 Å². The van der Waals surface area contributed by atoms with Gasteiger partial charge in [-0.05, 0) is 36.3 Å². The number of fused-ring (bicyclic) bond motifs is 1. The van der Waals surface area contributed by atoms with E-state index in [0.29, 0.717) is 28.2 Å². The minimum Gasteiger partial charge on any atom is -0.505 e. The van der Waals surface area contributed by atoms with Crippen LogP contribution in [0.5, 0.6) is 5.06 Å². The van der Waals surface area contributed by atoms with Gasteiger partial charge in [0.2, 0.25) is 0 Å². The maximum Gasteiger partial charge on any atom is 0.388 e. The molecule has 0 bridgehead atoms. The van der Waals surface area contributed by atoms with Crippen LogP contribution >= 0.6 is 11.3 Å². The fourth-order valence-corrected chi connectivity index (χ4v) is 3.99. The Balaban J connectivity index is 1.98. The van der Waals surface area contributed by atoms with Crippen LogP contribution in [0.25, 0.3) is 0 Å². The lowest BCUT2D eigenvalue weighted by atomic mass is 9.92. The van der Waals surface area contributed by atoms with Gasteiger partial charge in [0.25, 0.3) is 5.91 Å². The van der Waals surface area contributed by atoms with Gasteiger partial charge in [-0.2, -0.15) is 8.78 Å². The fourth-order valence-electron chi connectivity index (χ4n) is 3.19. The molecule has 1 aromatic heterocycles. The molecule has 1 aliphatic carbocycles. The summed E-state index contributed by atoms with van der Waals surface area (Å²) in [6, 6.07) is 1.72. The van der Waals surface area contributed by atoms with Gasteiger partial charge in [0, 0.05) is 12.1 Å². The Morgan fingerprint density at radius 1 is 1.41 bits per heavy atom. The molecule has 2 heterocycles. The van der Waals surface area contributed by atoms with Gasteiger partial charge in [-0.25, -0.2) is 4.39 Å². The average Bonchev–Trinajstić information content (AvgIpc) is 3.11. The lowest BCUT2D eigenvalue weighted by Crippen LogP contribution is -2.36. The first-order valence-electron chi connectivity index (χ1n) is 7.78. The van der Waals surface area contributed by atoms with Crippen LogP contribution in [0, 0.1) is 0 Å². The van der Waals surface area contributed by atoms with E-state index in [4.69, 9.17) is 5.11 Å². The zero-order chi connectivity index (χ0) is 19.9. The number of ether oxygens (including phenoxy) is 1. The summed E-state index contributed by atoms with van der Waals surface area (Å²) in [7, 11) is 0. The Hall–Kier alpha value is -2.75. The molecule has 1 aromatic rings. The second-order valence-electron chi connectivity index (χ2n) is 5.92. The number of nitrogens with zero attached hydrogens (tertiary/aromatic N) is 1. The number of carboxylic acid groups (broad SMARTS) is 1. The Morgan fingerprint density at radius 3 is 2.74 bits per heavy atom. The van der Waals surface area contributed by atoms with E-state index in [1.54, 1.807) is 0 Å². The Bertz CT molecular complexity index is 902. The molecular weight excluding hydrogens is 387 g/mol. The van der Waals surface area contributed by atoms with Crippen molar-refractivity contribution in [2.24, 2.45) is 0 Å². The third-order valence-corrected chi connectivity index (χ3v) is 5.27. The third kappa shape index (κ3) is 3.57. The average molecular weight is 401 g/mol. The number of carbonyl (C=O) groups is 2. The summed E-state index contributed by atoms with van der Waals surface area (Å²) in [4.78, 5) is 25.4. The molecule has 27 heavy (non-hydrogen) atoms. The molecule has 1 aliphatic heterocycles. The van der Waals surface area contributed by atoms with Crippen LogP contribution in [0.2, 0.25) is 0 Å². The Morgan fingerprint density at radius 2 is 2.11 bits per heavy atom. The number of hydrogen-bond acceptors (Lipinski definition) is 5. The van der Waals surface area contributed by atoms with Crippen molar-refractivity contribution >= 4 is 23.2 Å². The fraction of sp³-hybridized carbons (Fsp3) is 0.294. The number of rotatable bonds is 5. The van der Waals surface area contributed by atoms with Gasteiger partial charge in [0.05, 0.1) is 17.3 Å². The molecular formula is C17H14F3NO5S. The Kier molecular flexibility index (Phi) is 5.01. The maximum absolute atomic E-state index is 13.9. The maximum atomic E-state index is 13.9.